The van der Waals surface area contributed by atoms with E-state index in [-0.39, 0.29) is 5.69 Å². The summed E-state index contributed by atoms with van der Waals surface area (Å²) in [5.74, 6) is -0.472. The van der Waals surface area contributed by atoms with Gasteiger partial charge in [0.1, 0.15) is 5.03 Å². The summed E-state index contributed by atoms with van der Waals surface area (Å²) in [5, 5.41) is 2.76. The van der Waals surface area contributed by atoms with Crippen LogP contribution in [-0.4, -0.2) is 23.0 Å². The number of thiophene rings is 1. The predicted molar refractivity (Wildman–Crippen MR) is 61.8 cm³/mol. The maximum atomic E-state index is 11.1. The summed E-state index contributed by atoms with van der Waals surface area (Å²) in [4.78, 5) is 19.2. The molecule has 2 heterocycles. The van der Waals surface area contributed by atoms with E-state index in [0.717, 1.165) is 9.24 Å². The highest BCUT2D eigenvalue weighted by atomic mass is 32.2. The van der Waals surface area contributed by atoms with Crippen molar-refractivity contribution >= 4 is 29.1 Å². The van der Waals surface area contributed by atoms with Crippen molar-refractivity contribution in [2.45, 2.75) is 9.24 Å². The molecule has 0 aliphatic carbocycles. The van der Waals surface area contributed by atoms with Crippen LogP contribution < -0.4 is 0 Å². The SMILES string of the molecule is COC(=O)c1cnc(Sc2cccs2)cn1. The van der Waals surface area contributed by atoms with Crippen molar-refractivity contribution in [2.75, 3.05) is 7.11 Å². The molecule has 0 fully saturated rings. The number of aromatic nitrogens is 2. The number of methoxy groups -OCH3 is 1. The lowest BCUT2D eigenvalue weighted by Crippen LogP contribution is -2.04. The molecule has 0 aromatic carbocycles. The van der Waals surface area contributed by atoms with Crippen LogP contribution in [0.1, 0.15) is 10.5 Å². The first-order chi connectivity index (χ1) is 7.79. The van der Waals surface area contributed by atoms with Crippen LogP contribution in [0.5, 0.6) is 0 Å². The molecule has 0 radical (unpaired) electrons. The second-order valence-corrected chi connectivity index (χ2v) is 5.03. The van der Waals surface area contributed by atoms with E-state index >= 15 is 0 Å². The highest BCUT2D eigenvalue weighted by molar-refractivity contribution is 8.01. The summed E-state index contributed by atoms with van der Waals surface area (Å²) in [6.45, 7) is 0. The molecule has 0 spiro atoms. The van der Waals surface area contributed by atoms with Gasteiger partial charge in [0.2, 0.25) is 0 Å². The maximum absolute atomic E-state index is 11.1. The summed E-state index contributed by atoms with van der Waals surface area (Å²) in [6.07, 6.45) is 2.98. The Morgan fingerprint density at radius 1 is 1.44 bits per heavy atom. The van der Waals surface area contributed by atoms with Gasteiger partial charge >= 0.3 is 5.97 Å². The zero-order valence-corrected chi connectivity index (χ0v) is 10.0. The standard InChI is InChI=1S/C10H8N2O2S2/c1-14-10(13)7-5-12-8(6-11-7)16-9-3-2-4-15-9/h2-6H,1H3. The fraction of sp³-hybridized carbons (Fsp3) is 0.100. The topological polar surface area (TPSA) is 52.1 Å². The number of hydrogen-bond donors (Lipinski definition) is 0. The quantitative estimate of drug-likeness (QED) is 0.785. The van der Waals surface area contributed by atoms with Gasteiger partial charge in [0.05, 0.1) is 23.7 Å². The molecule has 16 heavy (non-hydrogen) atoms. The van der Waals surface area contributed by atoms with Crippen molar-refractivity contribution < 1.29 is 9.53 Å². The molecule has 0 amide bonds. The number of ether oxygens (including phenoxy) is 1. The normalized spacial score (nSPS) is 10.1. The number of nitrogens with zero attached hydrogens (tertiary/aromatic N) is 2. The number of rotatable bonds is 3. The van der Waals surface area contributed by atoms with E-state index in [1.165, 1.54) is 25.1 Å². The lowest BCUT2D eigenvalue weighted by atomic mass is 10.5. The van der Waals surface area contributed by atoms with Crippen LogP contribution in [0.15, 0.2) is 39.1 Å². The number of carbonyl (C=O) groups is 1. The van der Waals surface area contributed by atoms with Crippen LogP contribution in [-0.2, 0) is 4.74 Å². The number of esters is 1. The molecule has 0 unspecified atom stereocenters. The van der Waals surface area contributed by atoms with E-state index in [9.17, 15) is 4.79 Å². The van der Waals surface area contributed by atoms with Gasteiger partial charge in [0.15, 0.2) is 5.69 Å². The number of hydrogen-bond acceptors (Lipinski definition) is 6. The maximum Gasteiger partial charge on any atom is 0.358 e. The van der Waals surface area contributed by atoms with Gasteiger partial charge < -0.3 is 4.74 Å². The van der Waals surface area contributed by atoms with E-state index in [2.05, 4.69) is 14.7 Å². The van der Waals surface area contributed by atoms with Crippen molar-refractivity contribution in [3.63, 3.8) is 0 Å². The molecule has 2 aromatic rings. The molecule has 0 atom stereocenters. The largest absolute Gasteiger partial charge is 0.464 e. The van der Waals surface area contributed by atoms with E-state index in [1.54, 1.807) is 17.5 Å². The molecule has 0 N–H and O–H groups in total. The van der Waals surface area contributed by atoms with E-state index in [0.29, 0.717) is 0 Å². The first-order valence-electron chi connectivity index (χ1n) is 4.41. The molecule has 0 bridgehead atoms. The van der Waals surface area contributed by atoms with Gasteiger partial charge in [-0.1, -0.05) is 17.8 Å². The van der Waals surface area contributed by atoms with Crippen molar-refractivity contribution in [3.05, 3.63) is 35.6 Å². The van der Waals surface area contributed by atoms with Crippen LogP contribution in [0, 0.1) is 0 Å². The van der Waals surface area contributed by atoms with Crippen LogP contribution in [0.3, 0.4) is 0 Å². The van der Waals surface area contributed by atoms with Crippen molar-refractivity contribution in [1.82, 2.24) is 9.97 Å². The molecule has 0 saturated heterocycles. The van der Waals surface area contributed by atoms with Crippen molar-refractivity contribution in [2.24, 2.45) is 0 Å². The lowest BCUT2D eigenvalue weighted by Gasteiger charge is -1.99. The van der Waals surface area contributed by atoms with Crippen molar-refractivity contribution in [1.29, 1.82) is 0 Å². The van der Waals surface area contributed by atoms with Crippen LogP contribution in [0.4, 0.5) is 0 Å². The molecule has 82 valence electrons. The highest BCUT2D eigenvalue weighted by Crippen LogP contribution is 2.29. The Morgan fingerprint density at radius 3 is 2.88 bits per heavy atom. The van der Waals surface area contributed by atoms with E-state index in [4.69, 9.17) is 0 Å². The smallest absolute Gasteiger partial charge is 0.358 e. The predicted octanol–water partition coefficient (Wildman–Crippen LogP) is 2.48. The van der Waals surface area contributed by atoms with Crippen LogP contribution in [0.2, 0.25) is 0 Å². The average molecular weight is 252 g/mol. The average Bonchev–Trinajstić information content (AvgIpc) is 2.82. The van der Waals surface area contributed by atoms with Gasteiger partial charge in [-0.15, -0.1) is 11.3 Å². The molecule has 2 rings (SSSR count). The minimum Gasteiger partial charge on any atom is -0.464 e. The Balaban J connectivity index is 2.10. The summed E-state index contributed by atoms with van der Waals surface area (Å²) in [6, 6.07) is 3.98. The monoisotopic (exact) mass is 252 g/mol. The zero-order chi connectivity index (χ0) is 11.4. The third kappa shape index (κ3) is 2.59. The summed E-state index contributed by atoms with van der Waals surface area (Å²) in [5.41, 5.74) is 0.220. The Kier molecular flexibility index (Phi) is 3.53. The first kappa shape index (κ1) is 11.1. The van der Waals surface area contributed by atoms with Gasteiger partial charge in [-0.3, -0.25) is 0 Å². The molecule has 0 aliphatic heterocycles. The van der Waals surface area contributed by atoms with Gasteiger partial charge in [-0.2, -0.15) is 0 Å². The Hall–Kier alpha value is -1.40. The van der Waals surface area contributed by atoms with Gasteiger partial charge in [0, 0.05) is 0 Å². The van der Waals surface area contributed by atoms with E-state index in [1.807, 2.05) is 17.5 Å². The van der Waals surface area contributed by atoms with E-state index < -0.39 is 5.97 Å². The lowest BCUT2D eigenvalue weighted by molar-refractivity contribution is 0.0593. The summed E-state index contributed by atoms with van der Waals surface area (Å²) >= 11 is 3.15. The van der Waals surface area contributed by atoms with Gasteiger partial charge in [0.25, 0.3) is 0 Å². The van der Waals surface area contributed by atoms with Crippen molar-refractivity contribution in [3.8, 4) is 0 Å². The second kappa shape index (κ2) is 5.09. The third-order valence-corrected chi connectivity index (χ3v) is 3.68. The molecule has 0 saturated carbocycles. The summed E-state index contributed by atoms with van der Waals surface area (Å²) < 4.78 is 5.67. The minimum absolute atomic E-state index is 0.220. The molecular weight excluding hydrogens is 244 g/mol. The Bertz CT molecular complexity index is 468. The van der Waals surface area contributed by atoms with Gasteiger partial charge in [-0.25, -0.2) is 14.8 Å². The first-order valence-corrected chi connectivity index (χ1v) is 6.11. The Morgan fingerprint density at radius 2 is 2.31 bits per heavy atom. The minimum atomic E-state index is -0.472. The molecule has 2 aromatic heterocycles. The number of carbonyl (C=O) groups excluding carboxylic acids is 1. The fourth-order valence-electron chi connectivity index (χ4n) is 1.00. The Labute approximate surface area is 101 Å². The van der Waals surface area contributed by atoms with Crippen LogP contribution in [0.25, 0.3) is 0 Å². The third-order valence-electron chi connectivity index (χ3n) is 1.72. The van der Waals surface area contributed by atoms with Gasteiger partial charge in [-0.05, 0) is 11.4 Å². The molecule has 6 heteroatoms. The summed E-state index contributed by atoms with van der Waals surface area (Å²) in [7, 11) is 1.32. The highest BCUT2D eigenvalue weighted by Gasteiger charge is 2.07. The molecule has 4 nitrogen and oxygen atoms in total. The van der Waals surface area contributed by atoms with Crippen LogP contribution >= 0.6 is 23.1 Å². The molecule has 0 aliphatic rings. The second-order valence-electron chi connectivity index (χ2n) is 2.77. The fourth-order valence-corrected chi connectivity index (χ4v) is 2.63. The molecular formula is C10H8N2O2S2. The zero-order valence-electron chi connectivity index (χ0n) is 8.41.